The van der Waals surface area contributed by atoms with Gasteiger partial charge < -0.3 is 0 Å². The van der Waals surface area contributed by atoms with Crippen molar-refractivity contribution < 1.29 is 4.39 Å². The van der Waals surface area contributed by atoms with E-state index in [9.17, 15) is 4.39 Å². The number of hydrogen-bond acceptors (Lipinski definition) is 0. The molecule has 0 nitrogen and oxygen atoms in total. The molecule has 0 N–H and O–H groups in total. The molecule has 0 fully saturated rings. The van der Waals surface area contributed by atoms with Crippen LogP contribution in [0.3, 0.4) is 0 Å². The minimum absolute atomic E-state index is 0.187. The molecule has 0 saturated carbocycles. The van der Waals surface area contributed by atoms with Gasteiger partial charge in [-0.3, -0.25) is 0 Å². The first kappa shape index (κ1) is 15.1. The lowest BCUT2D eigenvalue weighted by Gasteiger charge is -2.14. The molecule has 0 heterocycles. The summed E-state index contributed by atoms with van der Waals surface area (Å²) in [5.41, 5.74) is 5.36. The van der Waals surface area contributed by atoms with E-state index >= 15 is 0 Å². The van der Waals surface area contributed by atoms with Gasteiger partial charge in [0.2, 0.25) is 0 Å². The van der Waals surface area contributed by atoms with Crippen LogP contribution in [0.2, 0.25) is 0 Å². The zero-order chi connectivity index (χ0) is 14.7. The van der Waals surface area contributed by atoms with Gasteiger partial charge >= 0.3 is 0 Å². The van der Waals surface area contributed by atoms with E-state index in [4.69, 9.17) is 11.6 Å². The lowest BCUT2D eigenvalue weighted by molar-refractivity contribution is 0.617. The van der Waals surface area contributed by atoms with Crippen molar-refractivity contribution >= 4 is 11.6 Å². The molecule has 0 aromatic heterocycles. The molecule has 106 valence electrons. The molecule has 2 rings (SSSR count). The molecule has 0 amide bonds. The van der Waals surface area contributed by atoms with Crippen molar-refractivity contribution in [1.82, 2.24) is 0 Å². The zero-order valence-corrected chi connectivity index (χ0v) is 13.0. The first-order valence-electron chi connectivity index (χ1n) is 7.08. The summed E-state index contributed by atoms with van der Waals surface area (Å²) >= 11 is 6.56. The molecule has 0 saturated heterocycles. The summed E-state index contributed by atoms with van der Waals surface area (Å²) in [4.78, 5) is 0. The van der Waals surface area contributed by atoms with Crippen LogP contribution in [0.25, 0.3) is 0 Å². The van der Waals surface area contributed by atoms with Crippen molar-refractivity contribution in [2.24, 2.45) is 0 Å². The third-order valence-corrected chi connectivity index (χ3v) is 4.26. The Labute approximate surface area is 125 Å². The van der Waals surface area contributed by atoms with Crippen LogP contribution in [0.5, 0.6) is 0 Å². The lowest BCUT2D eigenvalue weighted by Crippen LogP contribution is -1.99. The highest BCUT2D eigenvalue weighted by atomic mass is 35.5. The molecule has 1 atom stereocenters. The lowest BCUT2D eigenvalue weighted by atomic mass is 9.96. The van der Waals surface area contributed by atoms with Crippen molar-refractivity contribution in [3.63, 3.8) is 0 Å². The van der Waals surface area contributed by atoms with E-state index in [0.717, 1.165) is 24.0 Å². The highest BCUT2D eigenvalue weighted by Crippen LogP contribution is 2.31. The molecule has 2 aromatic rings. The van der Waals surface area contributed by atoms with Gasteiger partial charge in [-0.15, -0.1) is 11.6 Å². The second kappa shape index (κ2) is 6.41. The highest BCUT2D eigenvalue weighted by molar-refractivity contribution is 6.22. The summed E-state index contributed by atoms with van der Waals surface area (Å²) in [7, 11) is 0. The van der Waals surface area contributed by atoms with Gasteiger partial charge in [-0.2, -0.15) is 0 Å². The Balaban J connectivity index is 2.37. The van der Waals surface area contributed by atoms with Gasteiger partial charge in [-0.25, -0.2) is 4.39 Å². The first-order chi connectivity index (χ1) is 9.56. The Morgan fingerprint density at radius 3 is 2.15 bits per heavy atom. The van der Waals surface area contributed by atoms with Gasteiger partial charge in [-0.05, 0) is 53.6 Å². The Kier molecular flexibility index (Phi) is 4.82. The number of halogens is 2. The van der Waals surface area contributed by atoms with E-state index < -0.39 is 0 Å². The molecule has 0 bridgehead atoms. The minimum Gasteiger partial charge on any atom is -0.207 e. The van der Waals surface area contributed by atoms with E-state index in [0.29, 0.717) is 5.56 Å². The van der Waals surface area contributed by atoms with Crippen molar-refractivity contribution in [3.05, 3.63) is 70.0 Å². The third kappa shape index (κ3) is 3.04. The summed E-state index contributed by atoms with van der Waals surface area (Å²) in [5, 5.41) is -0.231. The smallest absolute Gasteiger partial charge is 0.126 e. The molecule has 0 aliphatic rings. The van der Waals surface area contributed by atoms with E-state index in [-0.39, 0.29) is 11.2 Å². The van der Waals surface area contributed by atoms with Gasteiger partial charge in [0.15, 0.2) is 0 Å². The Bertz CT molecular complexity index is 604. The number of hydrogen-bond donors (Lipinski definition) is 0. The van der Waals surface area contributed by atoms with E-state index in [2.05, 4.69) is 32.0 Å². The molecule has 2 aromatic carbocycles. The van der Waals surface area contributed by atoms with Crippen LogP contribution in [-0.4, -0.2) is 0 Å². The van der Waals surface area contributed by atoms with E-state index in [1.165, 1.54) is 17.2 Å². The summed E-state index contributed by atoms with van der Waals surface area (Å²) in [5.74, 6) is -0.187. The van der Waals surface area contributed by atoms with Gasteiger partial charge in [0.25, 0.3) is 0 Å². The second-order valence-corrected chi connectivity index (χ2v) is 5.54. The fourth-order valence-corrected chi connectivity index (χ4v) is 2.77. The standard InChI is InChI=1S/C18H20ClF/c1-4-13-6-7-16(11-14(13)5-2)18(19)15-8-9-17(20)12(3)10-15/h6-11,18H,4-5H2,1-3H3. The molecule has 2 heteroatoms. The van der Waals surface area contributed by atoms with Crippen molar-refractivity contribution in [1.29, 1.82) is 0 Å². The predicted octanol–water partition coefficient (Wildman–Crippen LogP) is 5.59. The van der Waals surface area contributed by atoms with E-state index in [1.807, 2.05) is 6.07 Å². The highest BCUT2D eigenvalue weighted by Gasteiger charge is 2.13. The summed E-state index contributed by atoms with van der Waals surface area (Å²) in [6.45, 7) is 6.08. The van der Waals surface area contributed by atoms with Gasteiger partial charge in [-0.1, -0.05) is 44.2 Å². The predicted molar refractivity (Wildman–Crippen MR) is 84.0 cm³/mol. The van der Waals surface area contributed by atoms with Crippen LogP contribution >= 0.6 is 11.6 Å². The molecule has 0 spiro atoms. The van der Waals surface area contributed by atoms with Crippen molar-refractivity contribution in [2.45, 2.75) is 39.0 Å². The zero-order valence-electron chi connectivity index (χ0n) is 12.2. The number of alkyl halides is 1. The first-order valence-corrected chi connectivity index (χ1v) is 7.52. The monoisotopic (exact) mass is 290 g/mol. The number of rotatable bonds is 4. The van der Waals surface area contributed by atoms with Gasteiger partial charge in [0.1, 0.15) is 5.82 Å². The second-order valence-electron chi connectivity index (χ2n) is 5.11. The SMILES string of the molecule is CCc1ccc(C(Cl)c2ccc(F)c(C)c2)cc1CC. The maximum atomic E-state index is 13.3. The van der Waals surface area contributed by atoms with E-state index in [1.54, 1.807) is 13.0 Å². The molecular weight excluding hydrogens is 271 g/mol. The van der Waals surface area contributed by atoms with Crippen LogP contribution in [0.1, 0.15) is 47.0 Å². The normalized spacial score (nSPS) is 12.4. The summed E-state index contributed by atoms with van der Waals surface area (Å²) in [6.07, 6.45) is 2.04. The topological polar surface area (TPSA) is 0 Å². The van der Waals surface area contributed by atoms with Gasteiger partial charge in [0, 0.05) is 0 Å². The van der Waals surface area contributed by atoms with Crippen LogP contribution in [0.4, 0.5) is 4.39 Å². The molecule has 0 aliphatic heterocycles. The molecule has 0 aliphatic carbocycles. The number of aryl methyl sites for hydroxylation is 3. The molecule has 20 heavy (non-hydrogen) atoms. The molecule has 0 radical (unpaired) electrons. The minimum atomic E-state index is -0.231. The largest absolute Gasteiger partial charge is 0.207 e. The van der Waals surface area contributed by atoms with Gasteiger partial charge in [0.05, 0.1) is 5.38 Å². The Morgan fingerprint density at radius 1 is 0.950 bits per heavy atom. The summed E-state index contributed by atoms with van der Waals surface area (Å²) < 4.78 is 13.3. The third-order valence-electron chi connectivity index (χ3n) is 3.76. The fourth-order valence-electron chi connectivity index (χ4n) is 2.50. The van der Waals surface area contributed by atoms with Crippen molar-refractivity contribution in [2.75, 3.05) is 0 Å². The average molecular weight is 291 g/mol. The molecule has 1 unspecified atom stereocenters. The quantitative estimate of drug-likeness (QED) is 0.644. The maximum absolute atomic E-state index is 13.3. The van der Waals surface area contributed by atoms with Crippen LogP contribution in [0, 0.1) is 12.7 Å². The maximum Gasteiger partial charge on any atom is 0.126 e. The molecular formula is C18H20ClF. The number of benzene rings is 2. The van der Waals surface area contributed by atoms with Crippen LogP contribution in [0.15, 0.2) is 36.4 Å². The van der Waals surface area contributed by atoms with Crippen molar-refractivity contribution in [3.8, 4) is 0 Å². The Morgan fingerprint density at radius 2 is 1.55 bits per heavy atom. The summed E-state index contributed by atoms with van der Waals surface area (Å²) in [6, 6.07) is 11.5. The fraction of sp³-hybridized carbons (Fsp3) is 0.333. The van der Waals surface area contributed by atoms with Crippen LogP contribution < -0.4 is 0 Å². The van der Waals surface area contributed by atoms with Crippen LogP contribution in [-0.2, 0) is 12.8 Å². The Hall–Kier alpha value is -1.34. The average Bonchev–Trinajstić information content (AvgIpc) is 2.48.